The lowest BCUT2D eigenvalue weighted by Gasteiger charge is -2.00. The first-order valence-electron chi connectivity index (χ1n) is 9.27. The van der Waals surface area contributed by atoms with Crippen LogP contribution in [0.4, 0.5) is 0 Å². The highest BCUT2D eigenvalue weighted by Crippen LogP contribution is 2.34. The van der Waals surface area contributed by atoms with E-state index in [1.807, 2.05) is 36.4 Å². The average molecular weight is 377 g/mol. The number of furan rings is 1. The molecule has 6 aromatic rings. The molecule has 0 radical (unpaired) electrons. The molecule has 6 heteroatoms. The highest BCUT2D eigenvalue weighted by molar-refractivity contribution is 6.01. The number of hydrogen-bond donors (Lipinski definition) is 2. The van der Waals surface area contributed by atoms with Crippen molar-refractivity contribution < 1.29 is 4.42 Å². The minimum atomic E-state index is 0.816. The summed E-state index contributed by atoms with van der Waals surface area (Å²) in [6, 6.07) is 18.1. The number of benzene rings is 1. The fraction of sp³-hybridized carbons (Fsp3) is 0. The molecule has 6 rings (SSSR count). The maximum absolute atomic E-state index is 5.27. The summed E-state index contributed by atoms with van der Waals surface area (Å²) >= 11 is 0. The van der Waals surface area contributed by atoms with E-state index in [0.29, 0.717) is 0 Å². The average Bonchev–Trinajstić information content (AvgIpc) is 3.52. The molecule has 0 amide bonds. The van der Waals surface area contributed by atoms with Crippen LogP contribution < -0.4 is 0 Å². The van der Waals surface area contributed by atoms with E-state index in [2.05, 4.69) is 43.3 Å². The molecular weight excluding hydrogens is 362 g/mol. The Labute approximate surface area is 165 Å². The van der Waals surface area contributed by atoms with E-state index >= 15 is 0 Å². The van der Waals surface area contributed by atoms with Gasteiger partial charge < -0.3 is 9.40 Å². The van der Waals surface area contributed by atoms with Crippen LogP contribution in [0.25, 0.3) is 55.7 Å². The monoisotopic (exact) mass is 377 g/mol. The Morgan fingerprint density at radius 3 is 2.69 bits per heavy atom. The van der Waals surface area contributed by atoms with E-state index in [0.717, 1.165) is 55.7 Å². The van der Waals surface area contributed by atoms with Crippen LogP contribution in [0.15, 0.2) is 83.9 Å². The fourth-order valence-corrected chi connectivity index (χ4v) is 3.73. The van der Waals surface area contributed by atoms with E-state index < -0.39 is 0 Å². The van der Waals surface area contributed by atoms with Crippen molar-refractivity contribution in [2.45, 2.75) is 0 Å². The summed E-state index contributed by atoms with van der Waals surface area (Å²) in [4.78, 5) is 12.4. The Kier molecular flexibility index (Phi) is 3.37. The molecule has 0 spiro atoms. The van der Waals surface area contributed by atoms with Crippen molar-refractivity contribution in [2.75, 3.05) is 0 Å². The highest BCUT2D eigenvalue weighted by atomic mass is 16.3. The van der Waals surface area contributed by atoms with Crippen molar-refractivity contribution in [1.82, 2.24) is 25.1 Å². The maximum atomic E-state index is 5.27. The minimum absolute atomic E-state index is 0.816. The Balaban J connectivity index is 1.53. The number of fused-ring (bicyclic) bond motifs is 2. The second-order valence-electron chi connectivity index (χ2n) is 6.86. The summed E-state index contributed by atoms with van der Waals surface area (Å²) in [6.07, 6.45) is 7.02. The second kappa shape index (κ2) is 6.17. The predicted molar refractivity (Wildman–Crippen MR) is 112 cm³/mol. The number of rotatable bonds is 3. The van der Waals surface area contributed by atoms with E-state index in [9.17, 15) is 0 Å². The molecule has 0 saturated heterocycles. The van der Waals surface area contributed by atoms with Gasteiger partial charge in [-0.15, -0.1) is 0 Å². The molecule has 5 aromatic heterocycles. The van der Waals surface area contributed by atoms with Gasteiger partial charge >= 0.3 is 0 Å². The third kappa shape index (κ3) is 2.54. The number of nitrogens with zero attached hydrogens (tertiary/aromatic N) is 3. The van der Waals surface area contributed by atoms with E-state index in [1.54, 1.807) is 24.9 Å². The Morgan fingerprint density at radius 2 is 1.83 bits per heavy atom. The largest absolute Gasteiger partial charge is 0.472 e. The van der Waals surface area contributed by atoms with Crippen LogP contribution in [0.3, 0.4) is 0 Å². The van der Waals surface area contributed by atoms with Gasteiger partial charge in [-0.2, -0.15) is 5.10 Å². The molecule has 0 unspecified atom stereocenters. The molecule has 0 fully saturated rings. The molecule has 29 heavy (non-hydrogen) atoms. The summed E-state index contributed by atoms with van der Waals surface area (Å²) in [6.45, 7) is 0. The van der Waals surface area contributed by atoms with Crippen molar-refractivity contribution >= 4 is 21.8 Å². The molecule has 0 saturated carbocycles. The van der Waals surface area contributed by atoms with Crippen molar-refractivity contribution in [2.24, 2.45) is 0 Å². The minimum Gasteiger partial charge on any atom is -0.472 e. The summed E-state index contributed by atoms with van der Waals surface area (Å²) in [7, 11) is 0. The molecule has 2 N–H and O–H groups in total. The van der Waals surface area contributed by atoms with Gasteiger partial charge in [-0.3, -0.25) is 15.1 Å². The molecule has 0 bridgehead atoms. The number of hydrogen-bond acceptors (Lipinski definition) is 4. The van der Waals surface area contributed by atoms with Crippen LogP contribution in [0.1, 0.15) is 0 Å². The summed E-state index contributed by atoms with van der Waals surface area (Å²) in [5.41, 5.74) is 7.55. The number of aromatic nitrogens is 5. The van der Waals surface area contributed by atoms with Crippen LogP contribution in [0.2, 0.25) is 0 Å². The third-order valence-electron chi connectivity index (χ3n) is 5.13. The van der Waals surface area contributed by atoms with Gasteiger partial charge in [0.1, 0.15) is 5.69 Å². The molecule has 0 atom stereocenters. The van der Waals surface area contributed by atoms with Gasteiger partial charge in [0.2, 0.25) is 0 Å². The molecule has 138 valence electrons. The lowest BCUT2D eigenvalue weighted by Crippen LogP contribution is -1.86. The normalized spacial score (nSPS) is 11.4. The van der Waals surface area contributed by atoms with Crippen molar-refractivity contribution in [3.05, 3.63) is 79.5 Å². The fourth-order valence-electron chi connectivity index (χ4n) is 3.73. The quantitative estimate of drug-likeness (QED) is 0.431. The highest BCUT2D eigenvalue weighted by Gasteiger charge is 2.15. The zero-order valence-electron chi connectivity index (χ0n) is 15.3. The van der Waals surface area contributed by atoms with Gasteiger partial charge in [0.05, 0.1) is 41.3 Å². The lowest BCUT2D eigenvalue weighted by molar-refractivity contribution is 0.568. The van der Waals surface area contributed by atoms with Crippen LogP contribution in [0.5, 0.6) is 0 Å². The Morgan fingerprint density at radius 1 is 0.828 bits per heavy atom. The topological polar surface area (TPSA) is 83.4 Å². The SMILES string of the molecule is c1ccc(-c2cc3c(-c4cc5c(-c6ccoc6)cccc5[nH]4)n[nH]c3cn2)nc1. The molecular formula is C23H15N5O. The molecule has 5 heterocycles. The zero-order chi connectivity index (χ0) is 19.2. The van der Waals surface area contributed by atoms with Crippen LogP contribution in [0, 0.1) is 0 Å². The van der Waals surface area contributed by atoms with Crippen molar-refractivity contribution in [3.63, 3.8) is 0 Å². The third-order valence-corrected chi connectivity index (χ3v) is 5.13. The lowest BCUT2D eigenvalue weighted by atomic mass is 10.0. The van der Waals surface area contributed by atoms with Crippen molar-refractivity contribution in [3.8, 4) is 33.9 Å². The van der Waals surface area contributed by atoms with Gasteiger partial charge in [0.15, 0.2) is 0 Å². The molecule has 0 aliphatic rings. The van der Waals surface area contributed by atoms with Crippen LogP contribution >= 0.6 is 0 Å². The van der Waals surface area contributed by atoms with Gasteiger partial charge in [0.25, 0.3) is 0 Å². The first kappa shape index (κ1) is 15.8. The molecule has 1 aromatic carbocycles. The number of aromatic amines is 2. The van der Waals surface area contributed by atoms with E-state index in [1.165, 1.54) is 0 Å². The molecule has 0 aliphatic carbocycles. The second-order valence-corrected chi connectivity index (χ2v) is 6.86. The van der Waals surface area contributed by atoms with Crippen molar-refractivity contribution in [1.29, 1.82) is 0 Å². The zero-order valence-corrected chi connectivity index (χ0v) is 15.3. The number of pyridine rings is 2. The summed E-state index contributed by atoms with van der Waals surface area (Å²) < 4.78 is 5.27. The van der Waals surface area contributed by atoms with E-state index in [4.69, 9.17) is 4.42 Å². The maximum Gasteiger partial charge on any atom is 0.116 e. The number of H-pyrrole nitrogens is 2. The first-order chi connectivity index (χ1) is 14.4. The van der Waals surface area contributed by atoms with Gasteiger partial charge in [0, 0.05) is 28.0 Å². The molecule has 0 aliphatic heterocycles. The van der Waals surface area contributed by atoms with Crippen LogP contribution in [-0.2, 0) is 0 Å². The Bertz CT molecular complexity index is 1450. The van der Waals surface area contributed by atoms with Gasteiger partial charge in [-0.25, -0.2) is 0 Å². The van der Waals surface area contributed by atoms with Crippen LogP contribution in [-0.4, -0.2) is 25.1 Å². The van der Waals surface area contributed by atoms with Gasteiger partial charge in [-0.1, -0.05) is 18.2 Å². The summed E-state index contributed by atoms with van der Waals surface area (Å²) in [5.74, 6) is 0. The first-order valence-corrected chi connectivity index (χ1v) is 9.27. The summed E-state index contributed by atoms with van der Waals surface area (Å²) in [5, 5.41) is 9.76. The smallest absolute Gasteiger partial charge is 0.116 e. The van der Waals surface area contributed by atoms with Gasteiger partial charge in [-0.05, 0) is 42.0 Å². The predicted octanol–water partition coefficient (Wildman–Crippen LogP) is 5.43. The standard InChI is InChI=1S/C23H15N5O/c1-2-8-24-19(5-1)20-11-17-22(12-25-20)27-28-23(17)21-10-16-15(14-7-9-29-13-14)4-3-6-18(16)26-21/h1-13,26H,(H,27,28). The Hall–Kier alpha value is -4.19. The van der Waals surface area contributed by atoms with E-state index in [-0.39, 0.29) is 0 Å². The number of nitrogens with one attached hydrogen (secondary N) is 2. The molecule has 6 nitrogen and oxygen atoms in total.